The maximum absolute atomic E-state index is 12.1. The largest absolute Gasteiger partial charge is 0.464 e. The van der Waals surface area contributed by atoms with Crippen LogP contribution in [0.1, 0.15) is 23.5 Å². The number of benzene rings is 1. The number of hydrogen-bond donors (Lipinski definition) is 1. The molecule has 0 radical (unpaired) electrons. The van der Waals surface area contributed by atoms with Crippen molar-refractivity contribution in [3.05, 3.63) is 53.5 Å². The Hall–Kier alpha value is -3.14. The first-order chi connectivity index (χ1) is 13.8. The second-order valence-electron chi connectivity index (χ2n) is 6.50. The normalized spacial score (nSPS) is 15.6. The fourth-order valence-corrected chi connectivity index (χ4v) is 3.98. The molecular formula is C19H21N3O6S. The number of hydrogen-bond acceptors (Lipinski definition) is 7. The Morgan fingerprint density at radius 2 is 1.97 bits per heavy atom. The van der Waals surface area contributed by atoms with E-state index in [2.05, 4.69) is 9.71 Å². The van der Waals surface area contributed by atoms with Gasteiger partial charge in [0, 0.05) is 12.6 Å². The SMILES string of the molecule is Cc1ccc(CN(C)C(=O)COC(=O)CCN=C2NS(=O)(=O)c3ccccc32)o1. The summed E-state index contributed by atoms with van der Waals surface area (Å²) in [6.07, 6.45) is -0.0816. The molecule has 0 spiro atoms. The van der Waals surface area contributed by atoms with Gasteiger partial charge in [0.25, 0.3) is 15.9 Å². The molecule has 1 aliphatic heterocycles. The highest BCUT2D eigenvalue weighted by molar-refractivity contribution is 7.90. The molecule has 0 atom stereocenters. The fraction of sp³-hybridized carbons (Fsp3) is 0.316. The highest BCUT2D eigenvalue weighted by atomic mass is 32.2. The Bertz CT molecular complexity index is 1060. The molecular weight excluding hydrogens is 398 g/mol. The molecule has 1 aromatic carbocycles. The lowest BCUT2D eigenvalue weighted by Crippen LogP contribution is -2.30. The van der Waals surface area contributed by atoms with Gasteiger partial charge in [-0.05, 0) is 31.2 Å². The van der Waals surface area contributed by atoms with Gasteiger partial charge in [-0.2, -0.15) is 0 Å². The number of carbonyl (C=O) groups is 2. The summed E-state index contributed by atoms with van der Waals surface area (Å²) in [5.41, 5.74) is 0.464. The van der Waals surface area contributed by atoms with E-state index in [-0.39, 0.29) is 42.8 Å². The van der Waals surface area contributed by atoms with Crippen LogP contribution in [0.3, 0.4) is 0 Å². The zero-order chi connectivity index (χ0) is 21.0. The number of amides is 1. The Balaban J connectivity index is 1.46. The van der Waals surface area contributed by atoms with E-state index in [4.69, 9.17) is 9.15 Å². The minimum Gasteiger partial charge on any atom is -0.464 e. The molecule has 29 heavy (non-hydrogen) atoms. The number of esters is 1. The second-order valence-corrected chi connectivity index (χ2v) is 8.16. The van der Waals surface area contributed by atoms with Crippen LogP contribution in [0.2, 0.25) is 0 Å². The van der Waals surface area contributed by atoms with E-state index < -0.39 is 16.0 Å². The number of aryl methyl sites for hydroxylation is 1. The van der Waals surface area contributed by atoms with Gasteiger partial charge in [0.15, 0.2) is 6.61 Å². The van der Waals surface area contributed by atoms with Gasteiger partial charge >= 0.3 is 5.97 Å². The number of nitrogens with one attached hydrogen (secondary N) is 1. The third-order valence-electron chi connectivity index (χ3n) is 4.22. The van der Waals surface area contributed by atoms with Crippen molar-refractivity contribution < 1.29 is 27.2 Å². The molecule has 2 aromatic rings. The molecule has 1 amide bonds. The van der Waals surface area contributed by atoms with E-state index in [9.17, 15) is 18.0 Å². The Kier molecular flexibility index (Phi) is 6.02. The summed E-state index contributed by atoms with van der Waals surface area (Å²) in [5.74, 6) is 0.620. The quantitative estimate of drug-likeness (QED) is 0.674. The molecule has 1 N–H and O–H groups in total. The van der Waals surface area contributed by atoms with Crippen molar-refractivity contribution in [2.45, 2.75) is 24.8 Å². The van der Waals surface area contributed by atoms with Crippen LogP contribution in [0.15, 0.2) is 50.7 Å². The maximum atomic E-state index is 12.1. The van der Waals surface area contributed by atoms with E-state index in [0.29, 0.717) is 11.3 Å². The van der Waals surface area contributed by atoms with E-state index in [1.54, 1.807) is 37.4 Å². The summed E-state index contributed by atoms with van der Waals surface area (Å²) in [6.45, 7) is 1.73. The monoisotopic (exact) mass is 419 g/mol. The van der Waals surface area contributed by atoms with Gasteiger partial charge in [-0.15, -0.1) is 0 Å². The van der Waals surface area contributed by atoms with Gasteiger partial charge < -0.3 is 14.1 Å². The van der Waals surface area contributed by atoms with Crippen LogP contribution in [0.4, 0.5) is 0 Å². The molecule has 0 bridgehead atoms. The van der Waals surface area contributed by atoms with E-state index in [1.165, 1.54) is 11.0 Å². The highest BCUT2D eigenvalue weighted by Crippen LogP contribution is 2.22. The summed E-state index contributed by atoms with van der Waals surface area (Å²) < 4.78 is 36.7. The van der Waals surface area contributed by atoms with Crippen LogP contribution in [0.5, 0.6) is 0 Å². The minimum atomic E-state index is -3.62. The van der Waals surface area contributed by atoms with E-state index in [1.807, 2.05) is 6.92 Å². The van der Waals surface area contributed by atoms with Gasteiger partial charge in [-0.25, -0.2) is 8.42 Å². The van der Waals surface area contributed by atoms with Crippen LogP contribution >= 0.6 is 0 Å². The van der Waals surface area contributed by atoms with Crippen LogP contribution in [-0.4, -0.2) is 51.2 Å². The van der Waals surface area contributed by atoms with Crippen LogP contribution in [-0.2, 0) is 30.9 Å². The number of sulfonamides is 1. The van der Waals surface area contributed by atoms with E-state index >= 15 is 0 Å². The van der Waals surface area contributed by atoms with Gasteiger partial charge in [0.2, 0.25) is 0 Å². The minimum absolute atomic E-state index is 0.0285. The first-order valence-corrected chi connectivity index (χ1v) is 10.4. The molecule has 0 saturated carbocycles. The van der Waals surface area contributed by atoms with Crippen LogP contribution in [0, 0.1) is 6.92 Å². The summed E-state index contributed by atoms with van der Waals surface area (Å²) >= 11 is 0. The lowest BCUT2D eigenvalue weighted by molar-refractivity contribution is -0.151. The second kappa shape index (κ2) is 8.48. The Morgan fingerprint density at radius 3 is 2.69 bits per heavy atom. The summed E-state index contributed by atoms with van der Waals surface area (Å²) in [4.78, 5) is 29.6. The maximum Gasteiger partial charge on any atom is 0.308 e. The van der Waals surface area contributed by atoms with Crippen LogP contribution in [0.25, 0.3) is 0 Å². The average Bonchev–Trinajstić information content (AvgIpc) is 3.20. The van der Waals surface area contributed by atoms with Crippen molar-refractivity contribution >= 4 is 27.7 Å². The molecule has 0 unspecified atom stereocenters. The molecule has 0 saturated heterocycles. The van der Waals surface area contributed by atoms with Gasteiger partial charge in [0.05, 0.1) is 24.4 Å². The highest BCUT2D eigenvalue weighted by Gasteiger charge is 2.30. The number of rotatable bonds is 7. The van der Waals surface area contributed by atoms with Gasteiger partial charge in [-0.3, -0.25) is 19.3 Å². The molecule has 154 valence electrons. The standard InChI is InChI=1S/C19H21N3O6S/c1-13-7-8-14(28-13)11-22(2)17(23)12-27-18(24)9-10-20-19-15-5-3-4-6-16(15)29(25,26)21-19/h3-8H,9-12H2,1-2H3,(H,20,21). The number of amidine groups is 1. The average molecular weight is 419 g/mol. The van der Waals surface area contributed by atoms with Crippen molar-refractivity contribution in [2.24, 2.45) is 4.99 Å². The summed E-state index contributed by atoms with van der Waals surface area (Å²) in [7, 11) is -2.03. The predicted molar refractivity (Wildman–Crippen MR) is 104 cm³/mol. The number of nitrogens with zero attached hydrogens (tertiary/aromatic N) is 2. The zero-order valence-corrected chi connectivity index (χ0v) is 16.9. The molecule has 2 heterocycles. The lowest BCUT2D eigenvalue weighted by Gasteiger charge is -2.15. The molecule has 1 aliphatic rings. The molecule has 0 aliphatic carbocycles. The molecule has 0 fully saturated rings. The number of likely N-dealkylation sites (N-methyl/N-ethyl adjacent to an activating group) is 1. The smallest absolute Gasteiger partial charge is 0.308 e. The first kappa shape index (κ1) is 20.6. The van der Waals surface area contributed by atoms with Crippen molar-refractivity contribution in [3.63, 3.8) is 0 Å². The third kappa shape index (κ3) is 5.02. The summed E-state index contributed by atoms with van der Waals surface area (Å²) in [5, 5.41) is 0. The number of carbonyl (C=O) groups excluding carboxylic acids is 2. The van der Waals surface area contributed by atoms with Crippen LogP contribution < -0.4 is 4.72 Å². The first-order valence-electron chi connectivity index (χ1n) is 8.88. The third-order valence-corrected chi connectivity index (χ3v) is 5.62. The number of aliphatic imine (C=N–C) groups is 1. The van der Waals surface area contributed by atoms with Crippen molar-refractivity contribution in [2.75, 3.05) is 20.2 Å². The molecule has 10 heteroatoms. The Labute approximate surface area is 168 Å². The predicted octanol–water partition coefficient (Wildman–Crippen LogP) is 1.22. The van der Waals surface area contributed by atoms with Crippen molar-refractivity contribution in [1.82, 2.24) is 9.62 Å². The molecule has 3 rings (SSSR count). The van der Waals surface area contributed by atoms with Gasteiger partial charge in [-0.1, -0.05) is 12.1 Å². The topological polar surface area (TPSA) is 118 Å². The van der Waals surface area contributed by atoms with Gasteiger partial charge in [0.1, 0.15) is 17.4 Å². The van der Waals surface area contributed by atoms with E-state index in [0.717, 1.165) is 5.76 Å². The van der Waals surface area contributed by atoms with Crippen molar-refractivity contribution in [3.8, 4) is 0 Å². The Morgan fingerprint density at radius 1 is 1.21 bits per heavy atom. The number of ether oxygens (including phenoxy) is 1. The molecule has 1 aromatic heterocycles. The fourth-order valence-electron chi connectivity index (χ4n) is 2.73. The number of fused-ring (bicyclic) bond motifs is 1. The summed E-state index contributed by atoms with van der Waals surface area (Å²) in [6, 6.07) is 10.0. The number of furan rings is 1. The molecule has 9 nitrogen and oxygen atoms in total. The zero-order valence-electron chi connectivity index (χ0n) is 16.0. The van der Waals surface area contributed by atoms with Crippen molar-refractivity contribution in [1.29, 1.82) is 0 Å². The lowest BCUT2D eigenvalue weighted by atomic mass is 10.2.